The van der Waals surface area contributed by atoms with Crippen molar-refractivity contribution in [3.8, 4) is 45.6 Å². The summed E-state index contributed by atoms with van der Waals surface area (Å²) in [4.78, 5) is 19.8. The van der Waals surface area contributed by atoms with E-state index in [9.17, 15) is 0 Å². The Morgan fingerprint density at radius 3 is 1.47 bits per heavy atom. The minimum Gasteiger partial charge on any atom is -0.436 e. The number of oxazole rings is 1. The van der Waals surface area contributed by atoms with Crippen molar-refractivity contribution in [1.29, 1.82) is 0 Å². The fourth-order valence-corrected chi connectivity index (χ4v) is 6.21. The monoisotopic (exact) mass is 576 g/mol. The number of fused-ring (bicyclic) bond motifs is 7. The highest BCUT2D eigenvalue weighted by Gasteiger charge is 2.17. The molecular weight excluding hydrogens is 552 g/mol. The maximum absolute atomic E-state index is 6.16. The second kappa shape index (κ2) is 10.2. The summed E-state index contributed by atoms with van der Waals surface area (Å²) < 4.78 is 6.16. The van der Waals surface area contributed by atoms with E-state index in [0.717, 1.165) is 65.7 Å². The first kappa shape index (κ1) is 25.3. The van der Waals surface area contributed by atoms with E-state index >= 15 is 0 Å². The van der Waals surface area contributed by atoms with Crippen molar-refractivity contribution in [2.45, 2.75) is 0 Å². The fraction of sp³-hybridized carbons (Fsp3) is 0. The molecule has 0 aliphatic rings. The molecule has 0 saturated heterocycles. The van der Waals surface area contributed by atoms with Gasteiger partial charge in [-0.05, 0) is 51.2 Å². The van der Waals surface area contributed by atoms with Crippen LogP contribution in [0.25, 0.3) is 89.0 Å². The minimum absolute atomic E-state index is 0.628. The van der Waals surface area contributed by atoms with Gasteiger partial charge in [-0.15, -0.1) is 0 Å². The molecule has 0 unspecified atom stereocenters. The molecule has 0 N–H and O–H groups in total. The zero-order valence-electron chi connectivity index (χ0n) is 24.1. The van der Waals surface area contributed by atoms with Crippen LogP contribution in [0.15, 0.2) is 150 Å². The van der Waals surface area contributed by atoms with Gasteiger partial charge in [-0.1, -0.05) is 121 Å². The smallest absolute Gasteiger partial charge is 0.227 e. The predicted octanol–water partition coefficient (Wildman–Crippen LogP) is 10.1. The van der Waals surface area contributed by atoms with Gasteiger partial charge in [0.25, 0.3) is 0 Å². The van der Waals surface area contributed by atoms with Crippen LogP contribution in [-0.2, 0) is 0 Å². The first-order valence-corrected chi connectivity index (χ1v) is 14.9. The lowest BCUT2D eigenvalue weighted by Crippen LogP contribution is -2.00. The third-order valence-corrected chi connectivity index (χ3v) is 8.37. The molecule has 0 bridgehead atoms. The maximum Gasteiger partial charge on any atom is 0.227 e. The van der Waals surface area contributed by atoms with Gasteiger partial charge in [0.1, 0.15) is 5.52 Å². The number of hydrogen-bond acceptors (Lipinski definition) is 5. The molecule has 7 aromatic carbocycles. The van der Waals surface area contributed by atoms with Crippen LogP contribution in [0, 0.1) is 0 Å². The molecule has 5 nitrogen and oxygen atoms in total. The van der Waals surface area contributed by atoms with Gasteiger partial charge >= 0.3 is 0 Å². The number of hydrogen-bond donors (Lipinski definition) is 0. The van der Waals surface area contributed by atoms with Gasteiger partial charge in [-0.2, -0.15) is 0 Å². The van der Waals surface area contributed by atoms with E-state index in [4.69, 9.17) is 24.4 Å². The molecule has 9 aromatic rings. The summed E-state index contributed by atoms with van der Waals surface area (Å²) in [6.45, 7) is 0. The Bertz CT molecular complexity index is 2470. The Morgan fingerprint density at radius 2 is 0.822 bits per heavy atom. The largest absolute Gasteiger partial charge is 0.436 e. The minimum atomic E-state index is 0.628. The van der Waals surface area contributed by atoms with Gasteiger partial charge in [-0.25, -0.2) is 19.9 Å². The highest BCUT2D eigenvalue weighted by atomic mass is 16.3. The summed E-state index contributed by atoms with van der Waals surface area (Å²) in [5.41, 5.74) is 5.47. The van der Waals surface area contributed by atoms with Gasteiger partial charge in [0, 0.05) is 27.6 Å². The average molecular weight is 577 g/mol. The van der Waals surface area contributed by atoms with E-state index in [-0.39, 0.29) is 0 Å². The molecule has 5 heteroatoms. The Hall–Kier alpha value is -6.20. The zero-order valence-corrected chi connectivity index (χ0v) is 24.1. The Kier molecular flexibility index (Phi) is 5.74. The normalized spacial score (nSPS) is 11.6. The molecule has 0 fully saturated rings. The summed E-state index contributed by atoms with van der Waals surface area (Å²) in [5, 5.41) is 6.75. The SMILES string of the molecule is c1ccc(-c2nc(-c3ccccc3)nc(-c3cccc4c3ccc3c4ccc4c3ccc3oc(-c5ccccc5)nc34)n2)cc1. The van der Waals surface area contributed by atoms with Crippen molar-refractivity contribution in [2.24, 2.45) is 0 Å². The van der Waals surface area contributed by atoms with Gasteiger partial charge < -0.3 is 4.42 Å². The molecule has 2 aromatic heterocycles. The van der Waals surface area contributed by atoms with E-state index in [1.165, 1.54) is 0 Å². The van der Waals surface area contributed by atoms with Crippen LogP contribution in [0.3, 0.4) is 0 Å². The summed E-state index contributed by atoms with van der Waals surface area (Å²) in [6.07, 6.45) is 0. The second-order valence-corrected chi connectivity index (χ2v) is 11.1. The highest BCUT2D eigenvalue weighted by Crippen LogP contribution is 2.38. The molecule has 45 heavy (non-hydrogen) atoms. The lowest BCUT2D eigenvalue weighted by Gasteiger charge is -2.12. The fourth-order valence-electron chi connectivity index (χ4n) is 6.21. The summed E-state index contributed by atoms with van der Waals surface area (Å²) >= 11 is 0. The van der Waals surface area contributed by atoms with Crippen LogP contribution in [0.1, 0.15) is 0 Å². The van der Waals surface area contributed by atoms with Crippen LogP contribution >= 0.6 is 0 Å². The van der Waals surface area contributed by atoms with Crippen molar-refractivity contribution in [2.75, 3.05) is 0 Å². The number of rotatable bonds is 4. The molecule has 9 rings (SSSR count). The van der Waals surface area contributed by atoms with E-state index in [1.54, 1.807) is 0 Å². The third-order valence-electron chi connectivity index (χ3n) is 8.37. The van der Waals surface area contributed by atoms with Crippen LogP contribution in [-0.4, -0.2) is 19.9 Å². The molecule has 0 radical (unpaired) electrons. The highest BCUT2D eigenvalue weighted by molar-refractivity contribution is 6.22. The lowest BCUT2D eigenvalue weighted by atomic mass is 9.94. The maximum atomic E-state index is 6.16. The van der Waals surface area contributed by atoms with Crippen molar-refractivity contribution in [3.05, 3.63) is 146 Å². The Labute approximate surface area is 258 Å². The predicted molar refractivity (Wildman–Crippen MR) is 182 cm³/mol. The molecule has 0 aliphatic heterocycles. The van der Waals surface area contributed by atoms with Gasteiger partial charge in [-0.3, -0.25) is 0 Å². The second-order valence-electron chi connectivity index (χ2n) is 11.1. The quantitative estimate of drug-likeness (QED) is 0.195. The van der Waals surface area contributed by atoms with Gasteiger partial charge in [0.05, 0.1) is 0 Å². The molecule has 0 atom stereocenters. The van der Waals surface area contributed by atoms with E-state index in [1.807, 2.05) is 97.1 Å². The average Bonchev–Trinajstić information content (AvgIpc) is 3.57. The van der Waals surface area contributed by atoms with Crippen LogP contribution in [0.5, 0.6) is 0 Å². The summed E-state index contributed by atoms with van der Waals surface area (Å²) in [7, 11) is 0. The Morgan fingerprint density at radius 1 is 0.333 bits per heavy atom. The molecule has 210 valence electrons. The van der Waals surface area contributed by atoms with E-state index in [2.05, 4.69) is 48.5 Å². The van der Waals surface area contributed by atoms with E-state index < -0.39 is 0 Å². The van der Waals surface area contributed by atoms with Crippen LogP contribution in [0.4, 0.5) is 0 Å². The lowest BCUT2D eigenvalue weighted by molar-refractivity contribution is 0.620. The molecule has 0 aliphatic carbocycles. The molecule has 0 saturated carbocycles. The summed E-state index contributed by atoms with van der Waals surface area (Å²) in [6, 6.07) is 49.4. The topological polar surface area (TPSA) is 64.7 Å². The van der Waals surface area contributed by atoms with Crippen molar-refractivity contribution in [3.63, 3.8) is 0 Å². The van der Waals surface area contributed by atoms with Crippen molar-refractivity contribution < 1.29 is 4.42 Å². The zero-order chi connectivity index (χ0) is 29.7. The van der Waals surface area contributed by atoms with Gasteiger partial charge in [0.15, 0.2) is 23.1 Å². The number of nitrogens with zero attached hydrogens (tertiary/aromatic N) is 4. The molecule has 2 heterocycles. The number of benzene rings is 7. The van der Waals surface area contributed by atoms with E-state index in [0.29, 0.717) is 23.4 Å². The first-order chi connectivity index (χ1) is 22.3. The standard InChI is InChI=1S/C40H24N4O/c1-4-11-25(12-5-1)37-42-38(26-13-6-2-7-14-26)44-39(43-37)34-18-10-17-28-29-21-22-33-31(30(29)19-20-32(28)34)23-24-35-36(33)41-40(45-35)27-15-8-3-9-16-27/h1-24H. The Balaban J connectivity index is 1.24. The molecular formula is C40H24N4O. The summed E-state index contributed by atoms with van der Waals surface area (Å²) in [5.74, 6) is 2.57. The van der Waals surface area contributed by atoms with Gasteiger partial charge in [0.2, 0.25) is 5.89 Å². The molecule has 0 amide bonds. The third kappa shape index (κ3) is 4.25. The van der Waals surface area contributed by atoms with Crippen molar-refractivity contribution in [1.82, 2.24) is 19.9 Å². The van der Waals surface area contributed by atoms with Crippen LogP contribution < -0.4 is 0 Å². The van der Waals surface area contributed by atoms with Crippen LogP contribution in [0.2, 0.25) is 0 Å². The number of aromatic nitrogens is 4. The molecule has 0 spiro atoms. The first-order valence-electron chi connectivity index (χ1n) is 14.9. The van der Waals surface area contributed by atoms with Crippen molar-refractivity contribution >= 4 is 43.4 Å².